The van der Waals surface area contributed by atoms with Gasteiger partial charge >= 0.3 is 0 Å². The Bertz CT molecular complexity index is 2560. The third kappa shape index (κ3) is 5.51. The Labute approximate surface area is 291 Å². The summed E-state index contributed by atoms with van der Waals surface area (Å²) in [7, 11) is 0. The summed E-state index contributed by atoms with van der Waals surface area (Å²) in [6.07, 6.45) is 0. The van der Waals surface area contributed by atoms with Gasteiger partial charge < -0.3 is 9.32 Å². The first-order chi connectivity index (χ1) is 24.8. The molecule has 9 aromatic rings. The summed E-state index contributed by atoms with van der Waals surface area (Å²) in [5, 5.41) is 2.14. The van der Waals surface area contributed by atoms with E-state index < -0.39 is 0 Å². The maximum atomic E-state index is 6.35. The standard InChI is InChI=1S/C47H32N2O/c1-4-12-33(13-5-1)35-22-24-37(25-23-35)39-16-10-19-41(32-39)49(40-17-8-3-9-18-40)44-21-11-20-43-42(44)30-31-45-46(43)48-47(50-45)38-28-26-36(27-29-38)34-14-6-2-7-15-34/h1-32H. The van der Waals surface area contributed by atoms with Crippen molar-refractivity contribution in [3.63, 3.8) is 0 Å². The van der Waals surface area contributed by atoms with E-state index in [0.717, 1.165) is 55.6 Å². The molecular formula is C47H32N2O. The van der Waals surface area contributed by atoms with E-state index in [2.05, 4.69) is 187 Å². The molecule has 0 N–H and O–H groups in total. The van der Waals surface area contributed by atoms with Gasteiger partial charge in [0, 0.05) is 27.7 Å². The third-order valence-corrected chi connectivity index (χ3v) is 9.32. The van der Waals surface area contributed by atoms with Crippen LogP contribution in [-0.2, 0) is 0 Å². The molecule has 0 amide bonds. The van der Waals surface area contributed by atoms with E-state index in [4.69, 9.17) is 9.40 Å². The molecule has 0 saturated carbocycles. The first kappa shape index (κ1) is 29.4. The number of oxazole rings is 1. The predicted molar refractivity (Wildman–Crippen MR) is 208 cm³/mol. The van der Waals surface area contributed by atoms with Crippen molar-refractivity contribution < 1.29 is 4.42 Å². The van der Waals surface area contributed by atoms with E-state index in [-0.39, 0.29) is 0 Å². The lowest BCUT2D eigenvalue weighted by Crippen LogP contribution is -2.10. The monoisotopic (exact) mass is 640 g/mol. The van der Waals surface area contributed by atoms with Gasteiger partial charge in [-0.25, -0.2) is 4.98 Å². The van der Waals surface area contributed by atoms with E-state index in [1.807, 2.05) is 12.1 Å². The van der Waals surface area contributed by atoms with E-state index in [0.29, 0.717) is 5.89 Å². The molecule has 0 unspecified atom stereocenters. The zero-order chi connectivity index (χ0) is 33.3. The van der Waals surface area contributed by atoms with E-state index in [1.54, 1.807) is 0 Å². The fourth-order valence-electron chi connectivity index (χ4n) is 6.80. The highest BCUT2D eigenvalue weighted by Gasteiger charge is 2.19. The smallest absolute Gasteiger partial charge is 0.227 e. The number of anilines is 3. The molecule has 0 aliphatic heterocycles. The SMILES string of the molecule is c1ccc(-c2ccc(-c3cccc(N(c4ccccc4)c4cccc5c4ccc4oc(-c6ccc(-c7ccccc7)cc6)nc45)c3)cc2)cc1. The summed E-state index contributed by atoms with van der Waals surface area (Å²) in [4.78, 5) is 7.39. The van der Waals surface area contributed by atoms with E-state index >= 15 is 0 Å². The number of nitrogens with zero attached hydrogens (tertiary/aromatic N) is 2. The third-order valence-electron chi connectivity index (χ3n) is 9.32. The molecule has 0 aliphatic carbocycles. The molecule has 0 bridgehead atoms. The molecular weight excluding hydrogens is 609 g/mol. The van der Waals surface area contributed by atoms with Gasteiger partial charge in [0.2, 0.25) is 5.89 Å². The number of aromatic nitrogens is 1. The maximum Gasteiger partial charge on any atom is 0.227 e. The molecule has 0 spiro atoms. The molecule has 0 fully saturated rings. The second-order valence-electron chi connectivity index (χ2n) is 12.4. The van der Waals surface area contributed by atoms with Crippen LogP contribution >= 0.6 is 0 Å². The van der Waals surface area contributed by atoms with Crippen molar-refractivity contribution in [2.75, 3.05) is 4.90 Å². The van der Waals surface area contributed by atoms with Gasteiger partial charge in [-0.3, -0.25) is 0 Å². The predicted octanol–water partition coefficient (Wildman–Crippen LogP) is 13.1. The van der Waals surface area contributed by atoms with Gasteiger partial charge in [0.15, 0.2) is 5.58 Å². The zero-order valence-corrected chi connectivity index (χ0v) is 27.3. The van der Waals surface area contributed by atoms with Crippen LogP contribution in [0.3, 0.4) is 0 Å². The Hall–Kier alpha value is -6.71. The van der Waals surface area contributed by atoms with E-state index in [9.17, 15) is 0 Å². The highest BCUT2D eigenvalue weighted by molar-refractivity contribution is 6.10. The summed E-state index contributed by atoms with van der Waals surface area (Å²) in [6, 6.07) is 68.1. The zero-order valence-electron chi connectivity index (χ0n) is 27.3. The van der Waals surface area contributed by atoms with Gasteiger partial charge in [0.1, 0.15) is 5.52 Å². The summed E-state index contributed by atoms with van der Waals surface area (Å²) in [5.41, 5.74) is 12.9. The van der Waals surface area contributed by atoms with Crippen molar-refractivity contribution in [3.05, 3.63) is 194 Å². The molecule has 50 heavy (non-hydrogen) atoms. The van der Waals surface area contributed by atoms with Crippen molar-refractivity contribution >= 4 is 38.9 Å². The summed E-state index contributed by atoms with van der Waals surface area (Å²) in [5.74, 6) is 0.614. The molecule has 8 aromatic carbocycles. The normalized spacial score (nSPS) is 11.2. The molecule has 0 radical (unpaired) electrons. The number of rotatable bonds is 7. The van der Waals surface area contributed by atoms with Crippen LogP contribution in [0.5, 0.6) is 0 Å². The van der Waals surface area contributed by atoms with Crippen LogP contribution in [-0.4, -0.2) is 4.98 Å². The van der Waals surface area contributed by atoms with Crippen LogP contribution in [0.25, 0.3) is 66.7 Å². The Kier molecular flexibility index (Phi) is 7.49. The van der Waals surface area contributed by atoms with Gasteiger partial charge in [0.25, 0.3) is 0 Å². The van der Waals surface area contributed by atoms with Crippen molar-refractivity contribution in [2.45, 2.75) is 0 Å². The summed E-state index contributed by atoms with van der Waals surface area (Å²) >= 11 is 0. The molecule has 0 saturated heterocycles. The molecule has 3 heteroatoms. The molecule has 236 valence electrons. The van der Waals surface area contributed by atoms with E-state index in [1.165, 1.54) is 22.3 Å². The molecule has 0 atom stereocenters. The van der Waals surface area contributed by atoms with Crippen LogP contribution in [0.2, 0.25) is 0 Å². The van der Waals surface area contributed by atoms with Crippen LogP contribution in [0.4, 0.5) is 17.1 Å². The summed E-state index contributed by atoms with van der Waals surface area (Å²) in [6.45, 7) is 0. The average molecular weight is 641 g/mol. The van der Waals surface area contributed by atoms with Crippen LogP contribution in [0, 0.1) is 0 Å². The van der Waals surface area contributed by atoms with Crippen molar-refractivity contribution in [1.29, 1.82) is 0 Å². The lowest BCUT2D eigenvalue weighted by atomic mass is 9.99. The first-order valence-corrected chi connectivity index (χ1v) is 16.9. The minimum Gasteiger partial charge on any atom is -0.436 e. The minimum atomic E-state index is 0.614. The minimum absolute atomic E-state index is 0.614. The van der Waals surface area contributed by atoms with Gasteiger partial charge in [-0.2, -0.15) is 0 Å². The number of para-hydroxylation sites is 1. The lowest BCUT2D eigenvalue weighted by Gasteiger charge is -2.27. The maximum absolute atomic E-state index is 6.35. The largest absolute Gasteiger partial charge is 0.436 e. The first-order valence-electron chi connectivity index (χ1n) is 16.9. The Balaban J connectivity index is 1.11. The molecule has 0 aliphatic rings. The quantitative estimate of drug-likeness (QED) is 0.174. The van der Waals surface area contributed by atoms with Gasteiger partial charge in [-0.05, 0) is 88.0 Å². The lowest BCUT2D eigenvalue weighted by molar-refractivity contribution is 0.620. The molecule has 9 rings (SSSR count). The van der Waals surface area contributed by atoms with Gasteiger partial charge in [0.05, 0.1) is 5.69 Å². The van der Waals surface area contributed by atoms with Crippen molar-refractivity contribution in [1.82, 2.24) is 4.98 Å². The Morgan fingerprint density at radius 3 is 1.50 bits per heavy atom. The number of benzene rings is 8. The topological polar surface area (TPSA) is 29.3 Å². The summed E-state index contributed by atoms with van der Waals surface area (Å²) < 4.78 is 6.35. The fraction of sp³-hybridized carbons (Fsp3) is 0. The number of hydrogen-bond donors (Lipinski definition) is 0. The van der Waals surface area contributed by atoms with Crippen LogP contribution in [0.1, 0.15) is 0 Å². The molecule has 3 nitrogen and oxygen atoms in total. The van der Waals surface area contributed by atoms with Crippen LogP contribution in [0.15, 0.2) is 199 Å². The molecule has 1 heterocycles. The number of hydrogen-bond acceptors (Lipinski definition) is 3. The fourth-order valence-corrected chi connectivity index (χ4v) is 6.80. The second kappa shape index (κ2) is 12.7. The second-order valence-corrected chi connectivity index (χ2v) is 12.4. The molecule has 1 aromatic heterocycles. The number of fused-ring (bicyclic) bond motifs is 3. The van der Waals surface area contributed by atoms with Crippen LogP contribution < -0.4 is 4.90 Å². The highest BCUT2D eigenvalue weighted by atomic mass is 16.3. The Morgan fingerprint density at radius 2 is 0.860 bits per heavy atom. The Morgan fingerprint density at radius 1 is 0.360 bits per heavy atom. The van der Waals surface area contributed by atoms with Crippen molar-refractivity contribution in [2.24, 2.45) is 0 Å². The average Bonchev–Trinajstić information content (AvgIpc) is 3.65. The van der Waals surface area contributed by atoms with Gasteiger partial charge in [-0.15, -0.1) is 0 Å². The highest BCUT2D eigenvalue weighted by Crippen LogP contribution is 2.42. The van der Waals surface area contributed by atoms with Gasteiger partial charge in [-0.1, -0.05) is 140 Å². The van der Waals surface area contributed by atoms with Crippen molar-refractivity contribution in [3.8, 4) is 44.8 Å².